The molecule has 0 aromatic heterocycles. The smallest absolute Gasteiger partial charge is 0.251 e. The zero-order valence-electron chi connectivity index (χ0n) is 15.8. The Balaban J connectivity index is 1.50. The molecule has 1 aliphatic rings. The second-order valence-corrected chi connectivity index (χ2v) is 6.74. The maximum absolute atomic E-state index is 13.5. The van der Waals surface area contributed by atoms with Crippen LogP contribution in [-0.4, -0.2) is 37.4 Å². The van der Waals surface area contributed by atoms with Gasteiger partial charge in [-0.2, -0.15) is 0 Å². The van der Waals surface area contributed by atoms with Crippen LogP contribution in [-0.2, 0) is 11.2 Å². The summed E-state index contributed by atoms with van der Waals surface area (Å²) in [5.74, 6) is -1.09. The van der Waals surface area contributed by atoms with Crippen LogP contribution in [0.4, 0.5) is 10.1 Å². The van der Waals surface area contributed by atoms with Gasteiger partial charge in [-0.3, -0.25) is 14.4 Å². The average molecular weight is 383 g/mol. The van der Waals surface area contributed by atoms with Gasteiger partial charge in [0.15, 0.2) is 0 Å². The molecule has 28 heavy (non-hydrogen) atoms. The summed E-state index contributed by atoms with van der Waals surface area (Å²) in [6.45, 7) is 4.25. The average Bonchev–Trinajstić information content (AvgIpc) is 3.10. The zero-order chi connectivity index (χ0) is 20.3. The summed E-state index contributed by atoms with van der Waals surface area (Å²) in [4.78, 5) is 37.6. The van der Waals surface area contributed by atoms with Gasteiger partial charge in [-0.1, -0.05) is 6.07 Å². The monoisotopic (exact) mass is 383 g/mol. The first-order valence-electron chi connectivity index (χ1n) is 9.10. The third kappa shape index (κ3) is 4.19. The van der Waals surface area contributed by atoms with Crippen LogP contribution >= 0.6 is 0 Å². The molecule has 2 aromatic carbocycles. The van der Waals surface area contributed by atoms with Gasteiger partial charge in [-0.15, -0.1) is 0 Å². The molecule has 146 valence electrons. The van der Waals surface area contributed by atoms with E-state index in [9.17, 15) is 18.8 Å². The summed E-state index contributed by atoms with van der Waals surface area (Å²) in [6.07, 6.45) is 0.721. The van der Waals surface area contributed by atoms with Crippen molar-refractivity contribution in [1.29, 1.82) is 0 Å². The van der Waals surface area contributed by atoms with Crippen molar-refractivity contribution < 1.29 is 18.8 Å². The van der Waals surface area contributed by atoms with E-state index in [4.69, 9.17) is 0 Å². The Bertz CT molecular complexity index is 942. The number of carbonyl (C=O) groups excluding carboxylic acids is 3. The Morgan fingerprint density at radius 3 is 2.21 bits per heavy atom. The third-order valence-electron chi connectivity index (χ3n) is 4.75. The number of nitrogens with zero attached hydrogens (tertiary/aromatic N) is 1. The van der Waals surface area contributed by atoms with Crippen LogP contribution in [0.3, 0.4) is 0 Å². The first kappa shape index (κ1) is 19.5. The maximum Gasteiger partial charge on any atom is 0.251 e. The van der Waals surface area contributed by atoms with Crippen LogP contribution in [0.25, 0.3) is 0 Å². The van der Waals surface area contributed by atoms with Gasteiger partial charge in [-0.05, 0) is 54.8 Å². The molecule has 3 amide bonds. The fourth-order valence-corrected chi connectivity index (χ4v) is 3.16. The summed E-state index contributed by atoms with van der Waals surface area (Å²) in [5, 5.41) is 5.39. The van der Waals surface area contributed by atoms with E-state index in [1.165, 1.54) is 13.0 Å². The molecule has 0 bridgehead atoms. The number of benzene rings is 2. The number of hydrogen-bond acceptors (Lipinski definition) is 3. The SMILES string of the molecule is CC(=O)N1CCc2cc(C(=O)NCCNC(=O)c3ccc(C)c(F)c3)ccc21. The molecule has 1 aliphatic heterocycles. The summed E-state index contributed by atoms with van der Waals surface area (Å²) < 4.78 is 13.5. The highest BCUT2D eigenvalue weighted by Crippen LogP contribution is 2.28. The lowest BCUT2D eigenvalue weighted by Crippen LogP contribution is -2.34. The van der Waals surface area contributed by atoms with Crippen molar-refractivity contribution in [1.82, 2.24) is 10.6 Å². The Kier molecular flexibility index (Phi) is 5.73. The number of anilines is 1. The van der Waals surface area contributed by atoms with Gasteiger partial charge in [-0.25, -0.2) is 4.39 Å². The number of carbonyl (C=O) groups is 3. The van der Waals surface area contributed by atoms with Gasteiger partial charge in [0.1, 0.15) is 5.82 Å². The maximum atomic E-state index is 13.5. The van der Waals surface area contributed by atoms with Crippen molar-refractivity contribution >= 4 is 23.4 Å². The van der Waals surface area contributed by atoms with Gasteiger partial charge in [0.05, 0.1) is 0 Å². The molecule has 0 spiro atoms. The van der Waals surface area contributed by atoms with Gasteiger partial charge in [0, 0.05) is 43.4 Å². The van der Waals surface area contributed by atoms with Crippen LogP contribution in [0.1, 0.15) is 38.8 Å². The Labute approximate surface area is 162 Å². The molecule has 0 saturated carbocycles. The molecule has 1 heterocycles. The molecule has 3 rings (SSSR count). The second-order valence-electron chi connectivity index (χ2n) is 6.74. The normalized spacial score (nSPS) is 12.5. The molecular formula is C21H22FN3O3. The van der Waals surface area contributed by atoms with E-state index in [1.54, 1.807) is 42.2 Å². The van der Waals surface area contributed by atoms with E-state index < -0.39 is 11.7 Å². The predicted octanol–water partition coefficient (Wildman–Crippen LogP) is 2.20. The number of nitrogens with one attached hydrogen (secondary N) is 2. The Morgan fingerprint density at radius 1 is 1.00 bits per heavy atom. The summed E-state index contributed by atoms with van der Waals surface area (Å²) in [7, 11) is 0. The van der Waals surface area contributed by atoms with Crippen molar-refractivity contribution in [2.24, 2.45) is 0 Å². The van der Waals surface area contributed by atoms with E-state index >= 15 is 0 Å². The molecule has 0 aliphatic carbocycles. The molecule has 0 saturated heterocycles. The molecular weight excluding hydrogens is 361 g/mol. The van der Waals surface area contributed by atoms with Crippen molar-refractivity contribution in [2.45, 2.75) is 20.3 Å². The molecule has 2 aromatic rings. The van der Waals surface area contributed by atoms with Crippen LogP contribution in [0, 0.1) is 12.7 Å². The largest absolute Gasteiger partial charge is 0.350 e. The Hall–Kier alpha value is -3.22. The minimum absolute atomic E-state index is 0.0137. The minimum Gasteiger partial charge on any atom is -0.350 e. The summed E-state index contributed by atoms with van der Waals surface area (Å²) >= 11 is 0. The highest BCUT2D eigenvalue weighted by molar-refractivity contribution is 5.98. The highest BCUT2D eigenvalue weighted by Gasteiger charge is 2.23. The number of rotatable bonds is 5. The van der Waals surface area contributed by atoms with Gasteiger partial charge < -0.3 is 15.5 Å². The fourth-order valence-electron chi connectivity index (χ4n) is 3.16. The number of aryl methyl sites for hydroxylation is 1. The third-order valence-corrected chi connectivity index (χ3v) is 4.75. The lowest BCUT2D eigenvalue weighted by atomic mass is 10.1. The van der Waals surface area contributed by atoms with Crippen molar-refractivity contribution in [3.05, 3.63) is 64.5 Å². The Morgan fingerprint density at radius 2 is 1.61 bits per heavy atom. The van der Waals surface area contributed by atoms with Crippen LogP contribution in [0.2, 0.25) is 0 Å². The molecule has 0 fully saturated rings. The van der Waals surface area contributed by atoms with Crippen LogP contribution in [0.15, 0.2) is 36.4 Å². The van der Waals surface area contributed by atoms with Gasteiger partial charge in [0.25, 0.3) is 11.8 Å². The fraction of sp³-hybridized carbons (Fsp3) is 0.286. The number of halogens is 1. The molecule has 2 N–H and O–H groups in total. The van der Waals surface area contributed by atoms with E-state index in [1.807, 2.05) is 0 Å². The standard InChI is InChI=1S/C21H22FN3O3/c1-13-3-4-17(12-18(13)22)21(28)24-9-8-23-20(27)16-5-6-19-15(11-16)7-10-25(19)14(2)26/h3-6,11-12H,7-10H2,1-2H3,(H,23,27)(H,24,28). The molecule has 0 atom stereocenters. The van der Waals surface area contributed by atoms with E-state index in [-0.39, 0.29) is 30.5 Å². The second kappa shape index (κ2) is 8.21. The molecule has 6 nitrogen and oxygen atoms in total. The van der Waals surface area contributed by atoms with Crippen molar-refractivity contribution in [3.8, 4) is 0 Å². The number of fused-ring (bicyclic) bond motifs is 1. The van der Waals surface area contributed by atoms with Crippen LogP contribution in [0.5, 0.6) is 0 Å². The minimum atomic E-state index is -0.430. The first-order chi connectivity index (χ1) is 13.4. The van der Waals surface area contributed by atoms with Crippen molar-refractivity contribution in [3.63, 3.8) is 0 Å². The summed E-state index contributed by atoms with van der Waals surface area (Å²) in [5.41, 5.74) is 3.04. The van der Waals surface area contributed by atoms with Crippen molar-refractivity contribution in [2.75, 3.05) is 24.5 Å². The van der Waals surface area contributed by atoms with Gasteiger partial charge >= 0.3 is 0 Å². The van der Waals surface area contributed by atoms with E-state index in [0.717, 1.165) is 17.7 Å². The molecule has 7 heteroatoms. The van der Waals surface area contributed by atoms with Gasteiger partial charge in [0.2, 0.25) is 5.91 Å². The zero-order valence-corrected chi connectivity index (χ0v) is 15.8. The van der Waals surface area contributed by atoms with E-state index in [2.05, 4.69) is 10.6 Å². The molecule has 0 unspecified atom stereocenters. The first-order valence-corrected chi connectivity index (χ1v) is 9.10. The lowest BCUT2D eigenvalue weighted by Gasteiger charge is -2.14. The van der Waals surface area contributed by atoms with Crippen LogP contribution < -0.4 is 15.5 Å². The predicted molar refractivity (Wildman–Crippen MR) is 104 cm³/mol. The van der Waals surface area contributed by atoms with E-state index in [0.29, 0.717) is 17.7 Å². The topological polar surface area (TPSA) is 78.5 Å². The molecule has 0 radical (unpaired) electrons. The quantitative estimate of drug-likeness (QED) is 0.777. The number of amides is 3. The highest BCUT2D eigenvalue weighted by atomic mass is 19.1. The summed E-state index contributed by atoms with van der Waals surface area (Å²) in [6, 6.07) is 9.56. The lowest BCUT2D eigenvalue weighted by molar-refractivity contribution is -0.116. The number of hydrogen-bond donors (Lipinski definition) is 2.